The van der Waals surface area contributed by atoms with Gasteiger partial charge in [-0.05, 0) is 25.8 Å². The van der Waals surface area contributed by atoms with E-state index in [0.717, 1.165) is 5.56 Å². The average Bonchev–Trinajstić information content (AvgIpc) is 2.36. The number of carbonyl (C=O) groups excluding carboxylic acids is 1. The molecular weight excluding hydrogens is 230 g/mol. The predicted octanol–water partition coefficient (Wildman–Crippen LogP) is 1.87. The monoisotopic (exact) mass is 251 g/mol. The number of benzene rings is 1. The maximum atomic E-state index is 11.6. The molecule has 0 unspecified atom stereocenters. The average molecular weight is 251 g/mol. The third-order valence-electron chi connectivity index (χ3n) is 2.41. The molecule has 1 rings (SSSR count). The molecule has 0 radical (unpaired) electrons. The molecule has 4 nitrogen and oxygen atoms in total. The second kappa shape index (κ2) is 7.84. The van der Waals surface area contributed by atoms with Crippen molar-refractivity contribution in [3.05, 3.63) is 35.9 Å². The molecule has 0 heterocycles. The minimum Gasteiger partial charge on any atom is -0.460 e. The Morgan fingerprint density at radius 3 is 2.56 bits per heavy atom. The van der Waals surface area contributed by atoms with Crippen molar-refractivity contribution in [3.63, 3.8) is 0 Å². The summed E-state index contributed by atoms with van der Waals surface area (Å²) in [6.07, 6.45) is 0.628. The lowest BCUT2D eigenvalue weighted by molar-refractivity contribution is -0.147. The van der Waals surface area contributed by atoms with Gasteiger partial charge >= 0.3 is 5.97 Å². The molecule has 1 aromatic carbocycles. The van der Waals surface area contributed by atoms with E-state index in [2.05, 4.69) is 0 Å². The summed E-state index contributed by atoms with van der Waals surface area (Å²) in [6, 6.07) is 8.91. The molecular formula is C14H21NO3. The SMILES string of the molecule is CC(C)OCC[C@H](N)C(=O)OCc1ccccc1. The molecule has 0 aliphatic carbocycles. The Morgan fingerprint density at radius 1 is 1.28 bits per heavy atom. The highest BCUT2D eigenvalue weighted by atomic mass is 16.5. The van der Waals surface area contributed by atoms with E-state index in [1.165, 1.54) is 0 Å². The van der Waals surface area contributed by atoms with Crippen LogP contribution in [-0.4, -0.2) is 24.7 Å². The van der Waals surface area contributed by atoms with Crippen molar-refractivity contribution in [2.75, 3.05) is 6.61 Å². The fourth-order valence-electron chi connectivity index (χ4n) is 1.38. The largest absolute Gasteiger partial charge is 0.460 e. The van der Waals surface area contributed by atoms with Gasteiger partial charge in [-0.15, -0.1) is 0 Å². The van der Waals surface area contributed by atoms with Crippen molar-refractivity contribution in [2.24, 2.45) is 5.73 Å². The zero-order valence-corrected chi connectivity index (χ0v) is 11.0. The van der Waals surface area contributed by atoms with Crippen LogP contribution in [-0.2, 0) is 20.9 Å². The Morgan fingerprint density at radius 2 is 1.94 bits per heavy atom. The van der Waals surface area contributed by atoms with E-state index in [0.29, 0.717) is 13.0 Å². The van der Waals surface area contributed by atoms with Gasteiger partial charge in [0.1, 0.15) is 12.6 Å². The third-order valence-corrected chi connectivity index (χ3v) is 2.41. The fraction of sp³-hybridized carbons (Fsp3) is 0.500. The Kier molecular flexibility index (Phi) is 6.39. The number of nitrogens with two attached hydrogens (primary N) is 1. The summed E-state index contributed by atoms with van der Waals surface area (Å²) in [5, 5.41) is 0. The molecule has 0 saturated carbocycles. The quantitative estimate of drug-likeness (QED) is 0.751. The van der Waals surface area contributed by atoms with E-state index < -0.39 is 6.04 Å². The number of hydrogen-bond donors (Lipinski definition) is 1. The van der Waals surface area contributed by atoms with Crippen LogP contribution in [0, 0.1) is 0 Å². The van der Waals surface area contributed by atoms with Gasteiger partial charge in [-0.25, -0.2) is 0 Å². The number of esters is 1. The van der Waals surface area contributed by atoms with Crippen LogP contribution in [0.2, 0.25) is 0 Å². The summed E-state index contributed by atoms with van der Waals surface area (Å²) in [6.45, 7) is 4.62. The first-order valence-electron chi connectivity index (χ1n) is 6.17. The van der Waals surface area contributed by atoms with Crippen LogP contribution in [0.1, 0.15) is 25.8 Å². The molecule has 0 aromatic heterocycles. The first kappa shape index (κ1) is 14.7. The van der Waals surface area contributed by atoms with Crippen LogP contribution in [0.25, 0.3) is 0 Å². The van der Waals surface area contributed by atoms with Crippen LogP contribution in [0.5, 0.6) is 0 Å². The van der Waals surface area contributed by atoms with Crippen LogP contribution in [0.15, 0.2) is 30.3 Å². The van der Waals surface area contributed by atoms with E-state index in [-0.39, 0.29) is 18.7 Å². The third kappa shape index (κ3) is 5.80. The van der Waals surface area contributed by atoms with Crippen LogP contribution >= 0.6 is 0 Å². The summed E-state index contributed by atoms with van der Waals surface area (Å²) < 4.78 is 10.5. The lowest BCUT2D eigenvalue weighted by Crippen LogP contribution is -2.33. The second-order valence-electron chi connectivity index (χ2n) is 4.41. The highest BCUT2D eigenvalue weighted by Crippen LogP contribution is 2.03. The van der Waals surface area contributed by atoms with Crippen molar-refractivity contribution in [3.8, 4) is 0 Å². The minimum atomic E-state index is -0.618. The molecule has 0 bridgehead atoms. The van der Waals surface area contributed by atoms with Gasteiger partial charge in [0, 0.05) is 6.61 Å². The van der Waals surface area contributed by atoms with Crippen molar-refractivity contribution >= 4 is 5.97 Å². The summed E-state index contributed by atoms with van der Waals surface area (Å²) in [4.78, 5) is 11.6. The maximum absolute atomic E-state index is 11.6. The summed E-state index contributed by atoms with van der Waals surface area (Å²) in [7, 11) is 0. The van der Waals surface area contributed by atoms with Crippen LogP contribution in [0.4, 0.5) is 0 Å². The lowest BCUT2D eigenvalue weighted by Gasteiger charge is -2.13. The summed E-state index contributed by atoms with van der Waals surface area (Å²) in [5.74, 6) is -0.383. The van der Waals surface area contributed by atoms with Gasteiger partial charge in [-0.2, -0.15) is 0 Å². The highest BCUT2D eigenvalue weighted by Gasteiger charge is 2.15. The molecule has 18 heavy (non-hydrogen) atoms. The molecule has 4 heteroatoms. The normalized spacial score (nSPS) is 12.4. The summed E-state index contributed by atoms with van der Waals surface area (Å²) >= 11 is 0. The Labute approximate surface area is 108 Å². The molecule has 100 valence electrons. The van der Waals surface area contributed by atoms with Gasteiger partial charge in [0.15, 0.2) is 0 Å². The van der Waals surface area contributed by atoms with Gasteiger partial charge < -0.3 is 15.2 Å². The number of ether oxygens (including phenoxy) is 2. The minimum absolute atomic E-state index is 0.150. The van der Waals surface area contributed by atoms with Crippen molar-refractivity contribution in [1.82, 2.24) is 0 Å². The lowest BCUT2D eigenvalue weighted by atomic mass is 10.2. The Balaban J connectivity index is 2.23. The van der Waals surface area contributed by atoms with Gasteiger partial charge in [-0.1, -0.05) is 30.3 Å². The zero-order chi connectivity index (χ0) is 13.4. The van der Waals surface area contributed by atoms with E-state index in [4.69, 9.17) is 15.2 Å². The van der Waals surface area contributed by atoms with Crippen molar-refractivity contribution in [1.29, 1.82) is 0 Å². The molecule has 1 aromatic rings. The number of carbonyl (C=O) groups is 1. The molecule has 2 N–H and O–H groups in total. The second-order valence-corrected chi connectivity index (χ2v) is 4.41. The van der Waals surface area contributed by atoms with Gasteiger partial charge in [-0.3, -0.25) is 4.79 Å². The topological polar surface area (TPSA) is 61.5 Å². The van der Waals surface area contributed by atoms with E-state index in [1.54, 1.807) is 0 Å². The van der Waals surface area contributed by atoms with Crippen LogP contribution < -0.4 is 5.73 Å². The first-order chi connectivity index (χ1) is 8.59. The molecule has 0 saturated heterocycles. The Hall–Kier alpha value is -1.39. The molecule has 0 aliphatic rings. The molecule has 0 fully saturated rings. The zero-order valence-electron chi connectivity index (χ0n) is 11.0. The van der Waals surface area contributed by atoms with E-state index in [1.807, 2.05) is 44.2 Å². The molecule has 1 atom stereocenters. The predicted molar refractivity (Wildman–Crippen MR) is 69.9 cm³/mol. The van der Waals surface area contributed by atoms with Crippen LogP contribution in [0.3, 0.4) is 0 Å². The van der Waals surface area contributed by atoms with Crippen molar-refractivity contribution in [2.45, 2.75) is 39.0 Å². The Bertz CT molecular complexity index is 351. The smallest absolute Gasteiger partial charge is 0.323 e. The maximum Gasteiger partial charge on any atom is 0.323 e. The summed E-state index contributed by atoms with van der Waals surface area (Å²) in [5.41, 5.74) is 6.67. The standard InChI is InChI=1S/C14H21NO3/c1-11(2)17-9-8-13(15)14(16)18-10-12-6-4-3-5-7-12/h3-7,11,13H,8-10,15H2,1-2H3/t13-/m0/s1. The molecule has 0 amide bonds. The highest BCUT2D eigenvalue weighted by molar-refractivity contribution is 5.75. The van der Waals surface area contributed by atoms with Gasteiger partial charge in [0.05, 0.1) is 6.10 Å². The fourth-order valence-corrected chi connectivity index (χ4v) is 1.38. The van der Waals surface area contributed by atoms with Gasteiger partial charge in [0.25, 0.3) is 0 Å². The number of rotatable bonds is 7. The van der Waals surface area contributed by atoms with E-state index >= 15 is 0 Å². The molecule has 0 spiro atoms. The number of hydrogen-bond acceptors (Lipinski definition) is 4. The van der Waals surface area contributed by atoms with E-state index in [9.17, 15) is 4.79 Å². The van der Waals surface area contributed by atoms with Gasteiger partial charge in [0.2, 0.25) is 0 Å². The first-order valence-corrected chi connectivity index (χ1v) is 6.17. The van der Waals surface area contributed by atoms with Crippen molar-refractivity contribution < 1.29 is 14.3 Å². The molecule has 0 aliphatic heterocycles.